The van der Waals surface area contributed by atoms with E-state index in [2.05, 4.69) is 20.6 Å². The lowest BCUT2D eigenvalue weighted by molar-refractivity contribution is 0.102. The van der Waals surface area contributed by atoms with E-state index in [0.717, 1.165) is 11.3 Å². The highest BCUT2D eigenvalue weighted by Crippen LogP contribution is 2.17. The molecule has 0 aliphatic carbocycles. The normalized spacial score (nSPS) is 10.4. The number of rotatable bonds is 4. The van der Waals surface area contributed by atoms with Gasteiger partial charge in [0.15, 0.2) is 0 Å². The van der Waals surface area contributed by atoms with Crippen LogP contribution in [0.3, 0.4) is 0 Å². The summed E-state index contributed by atoms with van der Waals surface area (Å²) in [5.41, 5.74) is 2.26. The fourth-order valence-corrected chi connectivity index (χ4v) is 1.92. The Morgan fingerprint density at radius 2 is 2.20 bits per heavy atom. The molecule has 0 unspecified atom stereocenters. The van der Waals surface area contributed by atoms with Crippen molar-refractivity contribution >= 4 is 11.6 Å². The lowest BCUT2D eigenvalue weighted by Gasteiger charge is -2.10. The number of aromatic amines is 1. The molecule has 2 heterocycles. The van der Waals surface area contributed by atoms with Gasteiger partial charge in [-0.05, 0) is 17.7 Å². The summed E-state index contributed by atoms with van der Waals surface area (Å²) in [7, 11) is 0. The maximum atomic E-state index is 12.0. The third-order valence-electron chi connectivity index (χ3n) is 2.92. The highest BCUT2D eigenvalue weighted by molar-refractivity contribution is 6.04. The van der Waals surface area contributed by atoms with Gasteiger partial charge in [-0.1, -0.05) is 18.2 Å². The second-order valence-corrected chi connectivity index (χ2v) is 4.30. The number of nitrogens with zero attached hydrogens (tertiary/aromatic N) is 3. The van der Waals surface area contributed by atoms with Gasteiger partial charge < -0.3 is 5.32 Å². The topological polar surface area (TPSA) is 75.6 Å². The van der Waals surface area contributed by atoms with Crippen molar-refractivity contribution in [3.8, 4) is 0 Å². The summed E-state index contributed by atoms with van der Waals surface area (Å²) in [5.74, 6) is -0.188. The molecule has 6 nitrogen and oxygen atoms in total. The van der Waals surface area contributed by atoms with Crippen molar-refractivity contribution in [1.82, 2.24) is 20.0 Å². The Bertz CT molecular complexity index is 688. The number of anilines is 1. The molecule has 2 aromatic heterocycles. The van der Waals surface area contributed by atoms with E-state index in [1.165, 1.54) is 6.20 Å². The van der Waals surface area contributed by atoms with Crippen LogP contribution in [-0.2, 0) is 6.54 Å². The summed E-state index contributed by atoms with van der Waals surface area (Å²) in [6.07, 6.45) is 6.66. The molecule has 100 valence electrons. The van der Waals surface area contributed by atoms with Gasteiger partial charge in [0.25, 0.3) is 5.91 Å². The van der Waals surface area contributed by atoms with Crippen LogP contribution in [0.25, 0.3) is 0 Å². The summed E-state index contributed by atoms with van der Waals surface area (Å²) in [5, 5.41) is 13.4. The van der Waals surface area contributed by atoms with Crippen LogP contribution >= 0.6 is 0 Å². The summed E-state index contributed by atoms with van der Waals surface area (Å²) >= 11 is 0. The molecule has 3 aromatic rings. The Balaban J connectivity index is 1.81. The smallest absolute Gasteiger partial charge is 0.258 e. The van der Waals surface area contributed by atoms with Crippen molar-refractivity contribution < 1.29 is 4.79 Å². The zero-order chi connectivity index (χ0) is 13.8. The van der Waals surface area contributed by atoms with E-state index in [9.17, 15) is 4.79 Å². The highest BCUT2D eigenvalue weighted by atomic mass is 16.1. The van der Waals surface area contributed by atoms with Crippen LogP contribution in [-0.4, -0.2) is 25.9 Å². The molecule has 6 heteroatoms. The maximum Gasteiger partial charge on any atom is 0.258 e. The van der Waals surface area contributed by atoms with Crippen molar-refractivity contribution in [2.24, 2.45) is 0 Å². The van der Waals surface area contributed by atoms with Gasteiger partial charge in [-0.3, -0.25) is 14.6 Å². The van der Waals surface area contributed by atoms with Gasteiger partial charge in [0.05, 0.1) is 18.3 Å². The van der Waals surface area contributed by atoms with Crippen LogP contribution in [0.1, 0.15) is 15.9 Å². The molecule has 0 saturated heterocycles. The first-order valence-electron chi connectivity index (χ1n) is 6.18. The SMILES string of the molecule is O=C(Nc1ccccc1Cn1cccn1)c1cn[nH]c1. The number of carbonyl (C=O) groups is 1. The Kier molecular flexibility index (Phi) is 3.28. The molecule has 20 heavy (non-hydrogen) atoms. The van der Waals surface area contributed by atoms with Crippen LogP contribution in [0.15, 0.2) is 55.1 Å². The van der Waals surface area contributed by atoms with Crippen LogP contribution in [0.5, 0.6) is 0 Å². The molecule has 2 N–H and O–H groups in total. The van der Waals surface area contributed by atoms with E-state index in [1.54, 1.807) is 12.4 Å². The van der Waals surface area contributed by atoms with Crippen molar-refractivity contribution in [2.75, 3.05) is 5.32 Å². The van der Waals surface area contributed by atoms with E-state index < -0.39 is 0 Å². The number of H-pyrrole nitrogens is 1. The third kappa shape index (κ3) is 2.59. The van der Waals surface area contributed by atoms with Crippen molar-refractivity contribution in [3.63, 3.8) is 0 Å². The largest absolute Gasteiger partial charge is 0.322 e. The van der Waals surface area contributed by atoms with Gasteiger partial charge in [-0.2, -0.15) is 10.2 Å². The molecule has 3 rings (SSSR count). The van der Waals surface area contributed by atoms with Crippen molar-refractivity contribution in [2.45, 2.75) is 6.54 Å². The molecular weight excluding hydrogens is 254 g/mol. The van der Waals surface area contributed by atoms with Gasteiger partial charge in [-0.25, -0.2) is 0 Å². The minimum absolute atomic E-state index is 0.188. The summed E-state index contributed by atoms with van der Waals surface area (Å²) in [6, 6.07) is 9.53. The molecular formula is C14H13N5O. The number of benzene rings is 1. The molecule has 0 saturated carbocycles. The Labute approximate surface area is 115 Å². The predicted octanol–water partition coefficient (Wildman–Crippen LogP) is 1.91. The van der Waals surface area contributed by atoms with Crippen LogP contribution in [0.4, 0.5) is 5.69 Å². The van der Waals surface area contributed by atoms with E-state index in [-0.39, 0.29) is 5.91 Å². The average Bonchev–Trinajstić information content (AvgIpc) is 3.13. The molecule has 0 aliphatic heterocycles. The van der Waals surface area contributed by atoms with Crippen LogP contribution < -0.4 is 5.32 Å². The molecule has 0 fully saturated rings. The molecule has 0 radical (unpaired) electrons. The summed E-state index contributed by atoms with van der Waals surface area (Å²) in [6.45, 7) is 0.606. The third-order valence-corrected chi connectivity index (χ3v) is 2.92. The second kappa shape index (κ2) is 5.40. The maximum absolute atomic E-state index is 12.0. The number of aromatic nitrogens is 4. The van der Waals surface area contributed by atoms with Gasteiger partial charge in [-0.15, -0.1) is 0 Å². The van der Waals surface area contributed by atoms with Gasteiger partial charge in [0, 0.05) is 24.3 Å². The lowest BCUT2D eigenvalue weighted by atomic mass is 10.1. The van der Waals surface area contributed by atoms with Crippen molar-refractivity contribution in [1.29, 1.82) is 0 Å². The fraction of sp³-hybridized carbons (Fsp3) is 0.0714. The standard InChI is InChI=1S/C14H13N5O/c20-14(12-8-15-16-9-12)18-13-5-2-1-4-11(13)10-19-7-3-6-17-19/h1-9H,10H2,(H,15,16)(H,18,20). The first kappa shape index (κ1) is 12.2. The van der Waals surface area contributed by atoms with Crippen LogP contribution in [0, 0.1) is 0 Å². The number of hydrogen-bond donors (Lipinski definition) is 2. The van der Waals surface area contributed by atoms with Gasteiger partial charge >= 0.3 is 0 Å². The van der Waals surface area contributed by atoms with Crippen molar-refractivity contribution in [3.05, 3.63) is 66.2 Å². The Morgan fingerprint density at radius 3 is 2.95 bits per heavy atom. The van der Waals surface area contributed by atoms with E-state index >= 15 is 0 Å². The molecule has 0 aliphatic rings. The average molecular weight is 267 g/mol. The van der Waals surface area contributed by atoms with Crippen LogP contribution in [0.2, 0.25) is 0 Å². The number of para-hydroxylation sites is 1. The predicted molar refractivity (Wildman–Crippen MR) is 74.3 cm³/mol. The first-order chi connectivity index (χ1) is 9.83. The Morgan fingerprint density at radius 1 is 1.30 bits per heavy atom. The number of carbonyl (C=O) groups excluding carboxylic acids is 1. The lowest BCUT2D eigenvalue weighted by Crippen LogP contribution is -2.13. The number of hydrogen-bond acceptors (Lipinski definition) is 3. The number of nitrogens with one attached hydrogen (secondary N) is 2. The zero-order valence-corrected chi connectivity index (χ0v) is 10.7. The molecule has 1 amide bonds. The zero-order valence-electron chi connectivity index (χ0n) is 10.7. The van der Waals surface area contributed by atoms with Gasteiger partial charge in [0.2, 0.25) is 0 Å². The van der Waals surface area contributed by atoms with E-state index in [1.807, 2.05) is 41.2 Å². The summed E-state index contributed by atoms with van der Waals surface area (Å²) < 4.78 is 1.81. The molecule has 0 atom stereocenters. The van der Waals surface area contributed by atoms with Gasteiger partial charge in [0.1, 0.15) is 0 Å². The summed E-state index contributed by atoms with van der Waals surface area (Å²) in [4.78, 5) is 12.0. The van der Waals surface area contributed by atoms with E-state index in [0.29, 0.717) is 12.1 Å². The molecule has 1 aromatic carbocycles. The van der Waals surface area contributed by atoms with E-state index in [4.69, 9.17) is 0 Å². The molecule has 0 bridgehead atoms. The monoisotopic (exact) mass is 267 g/mol. The minimum atomic E-state index is -0.188. The first-order valence-corrected chi connectivity index (χ1v) is 6.18. The highest BCUT2D eigenvalue weighted by Gasteiger charge is 2.10. The molecule has 0 spiro atoms. The quantitative estimate of drug-likeness (QED) is 0.758. The Hall–Kier alpha value is -2.89. The minimum Gasteiger partial charge on any atom is -0.322 e. The number of amides is 1. The fourth-order valence-electron chi connectivity index (χ4n) is 1.92. The second-order valence-electron chi connectivity index (χ2n) is 4.30.